The molecular weight excluding hydrogens is 283 g/mol. The van der Waals surface area contributed by atoms with Crippen LogP contribution < -0.4 is 10.9 Å². The molecule has 1 aliphatic heterocycles. The third-order valence-electron chi connectivity index (χ3n) is 4.34. The highest BCUT2D eigenvalue weighted by Crippen LogP contribution is 2.37. The Bertz CT molecular complexity index is 953. The van der Waals surface area contributed by atoms with Crippen LogP contribution in [0.2, 0.25) is 0 Å². The minimum absolute atomic E-state index is 1.31. The number of hydrogen-bond donors (Lipinski definition) is 0. The number of rotatable bonds is 0. The lowest BCUT2D eigenvalue weighted by Gasteiger charge is -2.21. The largest absolute Gasteiger partial charge is 0.194 e. The van der Waals surface area contributed by atoms with Gasteiger partial charge in [-0.05, 0) is 21.5 Å². The van der Waals surface area contributed by atoms with Crippen molar-refractivity contribution in [2.24, 2.45) is 0 Å². The monoisotopic (exact) mass is 295 g/mol. The summed E-state index contributed by atoms with van der Waals surface area (Å²) in [6.07, 6.45) is 0. The highest BCUT2D eigenvalue weighted by molar-refractivity contribution is 8.00. The summed E-state index contributed by atoms with van der Waals surface area (Å²) in [7, 11) is 2.32. The molecule has 0 aromatic heterocycles. The van der Waals surface area contributed by atoms with Crippen molar-refractivity contribution in [1.82, 2.24) is 0 Å². The Balaban J connectivity index is 1.80. The van der Waals surface area contributed by atoms with E-state index in [0.717, 1.165) is 0 Å². The molecule has 0 saturated heterocycles. The van der Waals surface area contributed by atoms with Gasteiger partial charge in [-0.25, -0.2) is 0 Å². The molecule has 4 aromatic carbocycles. The Morgan fingerprint density at radius 2 is 1.05 bits per heavy atom. The summed E-state index contributed by atoms with van der Waals surface area (Å²) >= 11 is 1.91. The molecule has 0 fully saturated rings. The lowest BCUT2D eigenvalue weighted by Crippen LogP contribution is -2.33. The fourth-order valence-corrected chi connectivity index (χ4v) is 4.53. The van der Waals surface area contributed by atoms with Gasteiger partial charge in [-0.3, -0.25) is 0 Å². The van der Waals surface area contributed by atoms with Crippen LogP contribution in [0.4, 0.5) is 0 Å². The van der Waals surface area contributed by atoms with Gasteiger partial charge in [0.05, 0.1) is 0 Å². The first-order valence-electron chi connectivity index (χ1n) is 7.46. The summed E-state index contributed by atoms with van der Waals surface area (Å²) in [5, 5.41) is 5.32. The average Bonchev–Trinajstić information content (AvgIpc) is 2.60. The van der Waals surface area contributed by atoms with Crippen LogP contribution in [-0.2, 0) is 0 Å². The molecule has 5 rings (SSSR count). The average molecular weight is 295 g/mol. The quantitative estimate of drug-likeness (QED) is 0.387. The second-order valence-electron chi connectivity index (χ2n) is 5.66. The molecular formula is C20H12BS. The predicted molar refractivity (Wildman–Crippen MR) is 97.0 cm³/mol. The third kappa shape index (κ3) is 1.74. The lowest BCUT2D eigenvalue weighted by molar-refractivity contribution is 1.52. The maximum atomic E-state index is 2.32. The second kappa shape index (κ2) is 4.66. The predicted octanol–water partition coefficient (Wildman–Crippen LogP) is 4.11. The van der Waals surface area contributed by atoms with E-state index in [1.54, 1.807) is 0 Å². The number of fused-ring (bicyclic) bond motifs is 6. The SMILES string of the molecule is [B]1c2ccc3ccccc3c2Sc2c1ccc1ccccc21. The molecule has 1 radical (unpaired) electrons. The maximum absolute atomic E-state index is 2.32. The molecule has 1 heterocycles. The van der Waals surface area contributed by atoms with Gasteiger partial charge in [-0.1, -0.05) is 95.5 Å². The summed E-state index contributed by atoms with van der Waals surface area (Å²) in [4.78, 5) is 2.75. The van der Waals surface area contributed by atoms with Crippen LogP contribution in [0, 0.1) is 0 Å². The van der Waals surface area contributed by atoms with Crippen molar-refractivity contribution in [2.45, 2.75) is 9.79 Å². The minimum atomic E-state index is 1.31. The summed E-state index contributed by atoms with van der Waals surface area (Å²) in [5.74, 6) is 0. The second-order valence-corrected chi connectivity index (χ2v) is 6.68. The summed E-state index contributed by atoms with van der Waals surface area (Å²) < 4.78 is 0. The van der Waals surface area contributed by atoms with Gasteiger partial charge in [0.25, 0.3) is 0 Å². The molecule has 0 unspecified atom stereocenters. The smallest absolute Gasteiger partial charge is 0.0900 e. The van der Waals surface area contributed by atoms with E-state index in [1.807, 2.05) is 11.8 Å². The highest BCUT2D eigenvalue weighted by atomic mass is 32.2. The standard InChI is InChI=1S/C20H12BS/c1-3-7-15-13(5-1)9-11-17-19(15)22-20-16-8-4-2-6-14(16)10-12-18(20)21-17/h1-12H. The van der Waals surface area contributed by atoms with Crippen molar-refractivity contribution in [2.75, 3.05) is 0 Å². The maximum Gasteiger partial charge on any atom is 0.194 e. The normalized spacial score (nSPS) is 12.7. The van der Waals surface area contributed by atoms with Crippen molar-refractivity contribution in [1.29, 1.82) is 0 Å². The summed E-state index contributed by atoms with van der Waals surface area (Å²) in [5.41, 5.74) is 2.65. The third-order valence-corrected chi connectivity index (χ3v) is 5.65. The van der Waals surface area contributed by atoms with E-state index < -0.39 is 0 Å². The summed E-state index contributed by atoms with van der Waals surface area (Å²) in [6, 6.07) is 26.2. The van der Waals surface area contributed by atoms with Gasteiger partial charge in [0.15, 0.2) is 7.28 Å². The Labute approximate surface area is 134 Å². The van der Waals surface area contributed by atoms with Gasteiger partial charge >= 0.3 is 0 Å². The first kappa shape index (κ1) is 12.4. The van der Waals surface area contributed by atoms with Gasteiger partial charge in [0.2, 0.25) is 0 Å². The van der Waals surface area contributed by atoms with E-state index >= 15 is 0 Å². The molecule has 0 amide bonds. The van der Waals surface area contributed by atoms with Crippen LogP contribution >= 0.6 is 11.8 Å². The molecule has 0 aliphatic carbocycles. The topological polar surface area (TPSA) is 0 Å². The van der Waals surface area contributed by atoms with Crippen molar-refractivity contribution >= 4 is 51.5 Å². The Morgan fingerprint density at radius 1 is 0.545 bits per heavy atom. The van der Waals surface area contributed by atoms with Gasteiger partial charge in [0, 0.05) is 9.79 Å². The van der Waals surface area contributed by atoms with Gasteiger partial charge in [0.1, 0.15) is 0 Å². The summed E-state index contributed by atoms with van der Waals surface area (Å²) in [6.45, 7) is 0. The molecule has 4 aromatic rings. The van der Waals surface area contributed by atoms with Crippen LogP contribution in [0.5, 0.6) is 0 Å². The zero-order valence-electron chi connectivity index (χ0n) is 11.9. The Kier molecular flexibility index (Phi) is 2.62. The van der Waals surface area contributed by atoms with Crippen LogP contribution in [0.25, 0.3) is 21.5 Å². The minimum Gasteiger partial charge on any atom is -0.0900 e. The fraction of sp³-hybridized carbons (Fsp3) is 0. The van der Waals surface area contributed by atoms with Crippen LogP contribution in [0.1, 0.15) is 0 Å². The molecule has 2 heteroatoms. The van der Waals surface area contributed by atoms with Gasteiger partial charge < -0.3 is 0 Å². The molecule has 0 saturated carbocycles. The molecule has 0 nitrogen and oxygen atoms in total. The fourth-order valence-electron chi connectivity index (χ4n) is 3.24. The lowest BCUT2D eigenvalue weighted by atomic mass is 9.63. The van der Waals surface area contributed by atoms with E-state index in [1.165, 1.54) is 42.3 Å². The van der Waals surface area contributed by atoms with Crippen molar-refractivity contribution in [3.63, 3.8) is 0 Å². The van der Waals surface area contributed by atoms with E-state index in [0.29, 0.717) is 0 Å². The zero-order valence-corrected chi connectivity index (χ0v) is 12.7. The molecule has 1 aliphatic rings. The van der Waals surface area contributed by atoms with Crippen molar-refractivity contribution in [3.05, 3.63) is 72.8 Å². The molecule has 101 valence electrons. The first-order chi connectivity index (χ1) is 10.9. The molecule has 0 bridgehead atoms. The molecule has 0 spiro atoms. The Hall–Kier alpha value is -2.19. The van der Waals surface area contributed by atoms with Crippen LogP contribution in [-0.4, -0.2) is 7.28 Å². The first-order valence-corrected chi connectivity index (χ1v) is 8.28. The van der Waals surface area contributed by atoms with E-state index in [-0.39, 0.29) is 0 Å². The van der Waals surface area contributed by atoms with Gasteiger partial charge in [-0.2, -0.15) is 0 Å². The van der Waals surface area contributed by atoms with E-state index in [4.69, 9.17) is 0 Å². The highest BCUT2D eigenvalue weighted by Gasteiger charge is 2.20. The molecule has 22 heavy (non-hydrogen) atoms. The molecule has 0 atom stereocenters. The van der Waals surface area contributed by atoms with Crippen molar-refractivity contribution in [3.8, 4) is 0 Å². The van der Waals surface area contributed by atoms with Crippen molar-refractivity contribution < 1.29 is 0 Å². The van der Waals surface area contributed by atoms with Gasteiger partial charge in [-0.15, -0.1) is 0 Å². The van der Waals surface area contributed by atoms with E-state index in [2.05, 4.69) is 80.1 Å². The molecule has 0 N–H and O–H groups in total. The zero-order chi connectivity index (χ0) is 14.5. The van der Waals surface area contributed by atoms with Crippen LogP contribution in [0.15, 0.2) is 82.6 Å². The Morgan fingerprint density at radius 3 is 1.59 bits per heavy atom. The van der Waals surface area contributed by atoms with E-state index in [9.17, 15) is 0 Å². The number of benzene rings is 4. The number of hydrogen-bond acceptors (Lipinski definition) is 1. The van der Waals surface area contributed by atoms with Crippen LogP contribution in [0.3, 0.4) is 0 Å².